The third-order valence-electron chi connectivity index (χ3n) is 3.49. The molecule has 11 heteroatoms. The van der Waals surface area contributed by atoms with Crippen LogP contribution >= 0.6 is 24.0 Å². The predicted molar refractivity (Wildman–Crippen MR) is 105 cm³/mol. The minimum atomic E-state index is -0.523. The molecule has 0 radical (unpaired) electrons. The van der Waals surface area contributed by atoms with Crippen molar-refractivity contribution in [1.82, 2.24) is 5.01 Å². The van der Waals surface area contributed by atoms with Crippen molar-refractivity contribution in [2.45, 2.75) is 0 Å². The van der Waals surface area contributed by atoms with Crippen molar-refractivity contribution in [3.8, 4) is 0 Å². The number of nitro groups is 2. The molecule has 1 N–H and O–H groups in total. The molecule has 1 heterocycles. The van der Waals surface area contributed by atoms with E-state index >= 15 is 0 Å². The lowest BCUT2D eigenvalue weighted by Gasteiger charge is -2.16. The van der Waals surface area contributed by atoms with Gasteiger partial charge in [0.2, 0.25) is 0 Å². The molecular formula is C16H10N4O5S2. The van der Waals surface area contributed by atoms with Crippen molar-refractivity contribution < 1.29 is 14.6 Å². The number of rotatable bonds is 5. The van der Waals surface area contributed by atoms with E-state index in [0.717, 1.165) is 16.8 Å². The number of non-ortho nitro benzene ring substituents is 2. The fraction of sp³-hybridized carbons (Fsp3) is 0. The Morgan fingerprint density at radius 2 is 1.70 bits per heavy atom. The highest BCUT2D eigenvalue weighted by molar-refractivity contribution is 8.26. The van der Waals surface area contributed by atoms with Crippen LogP contribution in [0.5, 0.6) is 0 Å². The Labute approximate surface area is 161 Å². The molecule has 1 saturated heterocycles. The number of carbonyl (C=O) groups is 1. The summed E-state index contributed by atoms with van der Waals surface area (Å²) in [5.41, 5.74) is 3.60. The van der Waals surface area contributed by atoms with Crippen molar-refractivity contribution in [3.05, 3.63) is 79.2 Å². The second kappa shape index (κ2) is 7.51. The standard InChI is InChI=1S/C16H10N4O5S2/c21-15-14(9-10-2-1-3-13(8-10)20(24)25)27-16(26)18(15)17-11-4-6-12(7-5-11)19(22)23/h1-9,17H/b14-9+. The Balaban J connectivity index is 1.79. The molecule has 0 bridgehead atoms. The number of thioether (sulfide) groups is 1. The maximum Gasteiger partial charge on any atom is 0.285 e. The normalized spacial score (nSPS) is 15.3. The molecule has 0 atom stereocenters. The summed E-state index contributed by atoms with van der Waals surface area (Å²) in [6.07, 6.45) is 1.52. The zero-order valence-corrected chi connectivity index (χ0v) is 15.0. The third-order valence-corrected chi connectivity index (χ3v) is 4.79. The van der Waals surface area contributed by atoms with Crippen molar-refractivity contribution in [3.63, 3.8) is 0 Å². The van der Waals surface area contributed by atoms with E-state index in [9.17, 15) is 25.0 Å². The lowest BCUT2D eigenvalue weighted by Crippen LogP contribution is -2.33. The van der Waals surface area contributed by atoms with Crippen LogP contribution in [-0.2, 0) is 4.79 Å². The van der Waals surface area contributed by atoms with Gasteiger partial charge in [0.05, 0.1) is 20.4 Å². The highest BCUT2D eigenvalue weighted by Crippen LogP contribution is 2.33. The molecule has 2 aromatic carbocycles. The molecule has 1 amide bonds. The molecule has 0 aliphatic carbocycles. The number of thiocarbonyl (C=S) groups is 1. The Hall–Kier alpha value is -3.31. The zero-order chi connectivity index (χ0) is 19.6. The summed E-state index contributed by atoms with van der Waals surface area (Å²) in [6.45, 7) is 0. The molecule has 3 rings (SSSR count). The number of nitrogens with zero attached hydrogens (tertiary/aromatic N) is 3. The summed E-state index contributed by atoms with van der Waals surface area (Å²) in [4.78, 5) is 33.4. The first-order chi connectivity index (χ1) is 12.8. The predicted octanol–water partition coefficient (Wildman–Crippen LogP) is 3.73. The van der Waals surface area contributed by atoms with Gasteiger partial charge in [-0.05, 0) is 36.0 Å². The van der Waals surface area contributed by atoms with Gasteiger partial charge in [-0.3, -0.25) is 30.4 Å². The van der Waals surface area contributed by atoms with E-state index in [1.165, 1.54) is 48.5 Å². The monoisotopic (exact) mass is 402 g/mol. The zero-order valence-electron chi connectivity index (χ0n) is 13.4. The third kappa shape index (κ3) is 4.10. The molecule has 0 aromatic heterocycles. The van der Waals surface area contributed by atoms with Crippen LogP contribution in [-0.4, -0.2) is 25.1 Å². The summed E-state index contributed by atoms with van der Waals surface area (Å²) in [6, 6.07) is 11.4. The van der Waals surface area contributed by atoms with Crippen molar-refractivity contribution in [2.75, 3.05) is 5.43 Å². The quantitative estimate of drug-likeness (QED) is 0.348. The fourth-order valence-corrected chi connectivity index (χ4v) is 3.41. The van der Waals surface area contributed by atoms with E-state index in [4.69, 9.17) is 12.2 Å². The van der Waals surface area contributed by atoms with Gasteiger partial charge in [0.1, 0.15) is 0 Å². The van der Waals surface area contributed by atoms with Gasteiger partial charge in [0, 0.05) is 24.3 Å². The number of nitrogens with one attached hydrogen (secondary N) is 1. The van der Waals surface area contributed by atoms with Gasteiger partial charge in [-0.25, -0.2) is 5.01 Å². The topological polar surface area (TPSA) is 119 Å². The lowest BCUT2D eigenvalue weighted by atomic mass is 10.2. The molecule has 1 aliphatic rings. The first kappa shape index (κ1) is 18.5. The van der Waals surface area contributed by atoms with Crippen LogP contribution in [0.15, 0.2) is 53.4 Å². The first-order valence-electron chi connectivity index (χ1n) is 7.38. The van der Waals surface area contributed by atoms with E-state index in [1.54, 1.807) is 6.07 Å². The van der Waals surface area contributed by atoms with Crippen molar-refractivity contribution >= 4 is 57.3 Å². The smallest absolute Gasteiger partial charge is 0.285 e. The van der Waals surface area contributed by atoms with Crippen molar-refractivity contribution in [1.29, 1.82) is 0 Å². The number of benzene rings is 2. The van der Waals surface area contributed by atoms with Gasteiger partial charge >= 0.3 is 0 Å². The SMILES string of the molecule is O=C1/C(=C\c2cccc([N+](=O)[O-])c2)SC(=S)N1Nc1ccc([N+](=O)[O-])cc1. The minimum absolute atomic E-state index is 0.0727. The van der Waals surface area contributed by atoms with Crippen LogP contribution in [0.25, 0.3) is 6.08 Å². The average Bonchev–Trinajstić information content (AvgIpc) is 2.90. The van der Waals surface area contributed by atoms with Crippen LogP contribution in [0.1, 0.15) is 5.56 Å². The maximum absolute atomic E-state index is 12.6. The molecule has 0 saturated carbocycles. The number of amides is 1. The van der Waals surface area contributed by atoms with Gasteiger partial charge < -0.3 is 0 Å². The largest absolute Gasteiger partial charge is 0.290 e. The minimum Gasteiger partial charge on any atom is -0.290 e. The highest BCUT2D eigenvalue weighted by atomic mass is 32.2. The van der Waals surface area contributed by atoms with Crippen LogP contribution in [0.2, 0.25) is 0 Å². The number of hydrogen-bond acceptors (Lipinski definition) is 8. The van der Waals surface area contributed by atoms with Crippen LogP contribution in [0.4, 0.5) is 17.1 Å². The van der Waals surface area contributed by atoms with Gasteiger partial charge in [0.25, 0.3) is 17.3 Å². The second-order valence-corrected chi connectivity index (χ2v) is 6.96. The van der Waals surface area contributed by atoms with Gasteiger partial charge in [-0.1, -0.05) is 23.9 Å². The second-order valence-electron chi connectivity index (χ2n) is 5.29. The Kier molecular flexibility index (Phi) is 5.14. The average molecular weight is 402 g/mol. The lowest BCUT2D eigenvalue weighted by molar-refractivity contribution is -0.385. The van der Waals surface area contributed by atoms with Crippen molar-refractivity contribution in [2.24, 2.45) is 0 Å². The number of anilines is 1. The van der Waals surface area contributed by atoms with Crippen LogP contribution in [0.3, 0.4) is 0 Å². The molecule has 0 spiro atoms. The number of hydrazine groups is 1. The van der Waals surface area contributed by atoms with E-state index < -0.39 is 15.8 Å². The Bertz CT molecular complexity index is 991. The van der Waals surface area contributed by atoms with E-state index in [0.29, 0.717) is 16.2 Å². The molecule has 136 valence electrons. The summed E-state index contributed by atoms with van der Waals surface area (Å²) >= 11 is 6.24. The van der Waals surface area contributed by atoms with E-state index in [-0.39, 0.29) is 15.7 Å². The molecule has 1 aliphatic heterocycles. The molecule has 2 aromatic rings. The summed E-state index contributed by atoms with van der Waals surface area (Å²) < 4.78 is 0.245. The molecule has 9 nitrogen and oxygen atoms in total. The summed E-state index contributed by atoms with van der Waals surface area (Å²) in [7, 11) is 0. The Morgan fingerprint density at radius 1 is 1.04 bits per heavy atom. The Morgan fingerprint density at radius 3 is 2.33 bits per heavy atom. The molecule has 0 unspecified atom stereocenters. The van der Waals surface area contributed by atoms with Crippen LogP contribution < -0.4 is 5.43 Å². The van der Waals surface area contributed by atoms with Crippen LogP contribution in [0, 0.1) is 20.2 Å². The highest BCUT2D eigenvalue weighted by Gasteiger charge is 2.32. The van der Waals surface area contributed by atoms with Gasteiger partial charge in [-0.2, -0.15) is 0 Å². The van der Waals surface area contributed by atoms with E-state index in [1.807, 2.05) is 0 Å². The van der Waals surface area contributed by atoms with Gasteiger partial charge in [0.15, 0.2) is 4.32 Å². The molecule has 27 heavy (non-hydrogen) atoms. The number of nitro benzene ring substituents is 2. The summed E-state index contributed by atoms with van der Waals surface area (Å²) in [5.74, 6) is -0.421. The number of hydrogen-bond donors (Lipinski definition) is 1. The molecular weight excluding hydrogens is 392 g/mol. The summed E-state index contributed by atoms with van der Waals surface area (Å²) in [5, 5.41) is 22.7. The molecule has 1 fully saturated rings. The fourth-order valence-electron chi connectivity index (χ4n) is 2.23. The maximum atomic E-state index is 12.6. The van der Waals surface area contributed by atoms with E-state index in [2.05, 4.69) is 5.43 Å². The first-order valence-corrected chi connectivity index (χ1v) is 8.61. The number of carbonyl (C=O) groups excluding carboxylic acids is 1. The van der Waals surface area contributed by atoms with Gasteiger partial charge in [-0.15, -0.1) is 0 Å².